The zero-order chi connectivity index (χ0) is 46.7. The summed E-state index contributed by atoms with van der Waals surface area (Å²) < 4.78 is 20.2. The van der Waals surface area contributed by atoms with Crippen LogP contribution in [0.25, 0.3) is 0 Å². The van der Waals surface area contributed by atoms with Gasteiger partial charge >= 0.3 is 0 Å². The Kier molecular flexibility index (Phi) is 35.0. The van der Waals surface area contributed by atoms with Crippen molar-refractivity contribution in [2.24, 2.45) is 0 Å². The Morgan fingerprint density at radius 3 is 1.56 bits per heavy atom. The van der Waals surface area contributed by atoms with Gasteiger partial charge in [0.25, 0.3) is 5.91 Å². The lowest BCUT2D eigenvalue weighted by Gasteiger charge is -2.41. The molecule has 1 rings (SSSR count). The number of unbranched alkanes of at least 4 members (excludes halogenated alkanes) is 11. The van der Waals surface area contributed by atoms with E-state index in [9.17, 15) is 35.6 Å². The Labute approximate surface area is 418 Å². The first-order valence-corrected chi connectivity index (χ1v) is 21.1. The molecule has 1 aliphatic rings. The summed E-state index contributed by atoms with van der Waals surface area (Å²) in [6.45, 7) is 2.63. The molecule has 0 aliphatic carbocycles. The highest BCUT2D eigenvalue weighted by atomic mass is 32.2. The minimum absolute atomic E-state index is 0. The molecule has 1 aliphatic heterocycles. The minimum Gasteiger partial charge on any atom is -0.691 e. The van der Waals surface area contributed by atoms with Crippen molar-refractivity contribution >= 4 is 18.2 Å². The average molecular weight is 937 g/mol. The zero-order valence-corrected chi connectivity index (χ0v) is 36.5. The van der Waals surface area contributed by atoms with E-state index in [1.807, 2.05) is 0 Å². The van der Waals surface area contributed by atoms with Crippen molar-refractivity contribution in [2.75, 3.05) is 13.2 Å². The number of carbonyl (C=O) groups is 1. The third-order valence-electron chi connectivity index (χ3n) is 8.56. The zero-order valence-electron chi connectivity index (χ0n) is 35.7. The molecule has 1 saturated heterocycles. The molecule has 382 valence electrons. The van der Waals surface area contributed by atoms with Crippen molar-refractivity contribution in [2.45, 2.75) is 146 Å². The van der Waals surface area contributed by atoms with Crippen LogP contribution in [-0.4, -0.2) is 93.6 Å². The molecule has 0 aromatic carbocycles. The van der Waals surface area contributed by atoms with E-state index < -0.39 is 68.1 Å². The lowest BCUT2D eigenvalue weighted by Crippen LogP contribution is -2.60. The van der Waals surface area contributed by atoms with Crippen LogP contribution in [0.15, 0.2) is 0 Å². The lowest BCUT2D eigenvalue weighted by molar-refractivity contribution is -0.777. The smallest absolute Gasteiger partial charge is 0.297 e. The van der Waals surface area contributed by atoms with Gasteiger partial charge in [-0.05, 0) is 108 Å². The fourth-order valence-electron chi connectivity index (χ4n) is 5.41. The second kappa shape index (κ2) is 39.9. The maximum atomic E-state index is 12.8. The van der Waals surface area contributed by atoms with Crippen molar-refractivity contribution in [1.82, 2.24) is 5.32 Å². The van der Waals surface area contributed by atoms with Gasteiger partial charge in [-0.1, -0.05) is 89.9 Å². The number of carbonyl (C=O) groups excluding carboxylic acids is 1. The number of ether oxygens (including phenoxy) is 2. The summed E-state index contributed by atoms with van der Waals surface area (Å²) in [4.78, 5) is 12.8. The van der Waals surface area contributed by atoms with E-state index >= 15 is 0 Å². The summed E-state index contributed by atoms with van der Waals surface area (Å²) in [5.74, 6) is 58.3. The number of aliphatic hydroxyl groups is 5. The average Bonchev–Trinajstić information content (AvgIpc) is 3.29. The fraction of sp³-hybridized carbons (Fsp3) is 0.500. The second-order valence-corrected chi connectivity index (χ2v) is 13.7. The minimum atomic E-state index is -1.72. The van der Waals surface area contributed by atoms with Crippen LogP contribution in [-0.2, 0) is 27.8 Å². The Morgan fingerprint density at radius 1 is 0.688 bits per heavy atom. The van der Waals surface area contributed by atoms with Gasteiger partial charge in [0.2, 0.25) is 0 Å². The normalized spacial score (nSPS) is 17.4. The van der Waals surface area contributed by atoms with Crippen LogP contribution in [0.5, 0.6) is 0 Å². The van der Waals surface area contributed by atoms with Crippen LogP contribution in [0, 0.1) is 142 Å². The Hall–Kier alpha value is -5.90. The molecule has 6 N–H and O–H groups in total. The van der Waals surface area contributed by atoms with E-state index in [-0.39, 0.29) is 53.0 Å². The number of hydrogen-bond donors (Lipinski definition) is 6. The molecule has 14 heteroatoms. The van der Waals surface area contributed by atoms with Crippen LogP contribution in [0.2, 0.25) is 0 Å². The molecule has 8 atom stereocenters. The van der Waals surface area contributed by atoms with Crippen molar-refractivity contribution in [3.63, 3.8) is 0 Å². The summed E-state index contributed by atoms with van der Waals surface area (Å²) in [7, 11) is 0. The standard InChI is InChI=1S/C50H51NO12S.24H2/c1-3-5-7-9-11-13-15-17-18-19-20-21-22-23-24-25-26-27-29-31-33-35-37-39-45(54)51-42(41-59-50-48(57)49(61-64-63-62-58)47(56)44(40-52)60-50)46(55)43(53)38-36-34-32-30-28-16-14-12-10-8-6-4-2;;;;;;;;;;;;;;;;;;;;;;;;/h42-44,46-50,52-53,55-58H,4,6,8,10,12,14,16,28,30,32,34,36,38,40-41H2,1-2H3,(H,51,54);24*1H/p-1/t42-,43+,44?,46-,47?,48?,49?,50?;;;;;;;;;;;;;;;;;;;;;;;;/m0......................../s1. The topological polar surface area (TPSA) is 199 Å². The van der Waals surface area contributed by atoms with Crippen molar-refractivity contribution in [1.29, 1.82) is 0 Å². The highest BCUT2D eigenvalue weighted by Gasteiger charge is 2.47. The van der Waals surface area contributed by atoms with E-state index in [4.69, 9.17) is 13.7 Å². The molecule has 64 heavy (non-hydrogen) atoms. The molecule has 1 amide bonds. The first-order valence-electron chi connectivity index (χ1n) is 20.4. The van der Waals surface area contributed by atoms with Crippen LogP contribution in [0.4, 0.5) is 0 Å². The highest BCUT2D eigenvalue weighted by molar-refractivity contribution is 7.89. The molecule has 0 aromatic heterocycles. The molecule has 13 nitrogen and oxygen atoms in total. The van der Waals surface area contributed by atoms with Crippen LogP contribution >= 0.6 is 12.3 Å². The van der Waals surface area contributed by atoms with Crippen LogP contribution in [0.3, 0.4) is 0 Å². The number of nitrogens with one attached hydrogen (secondary N) is 1. The first-order chi connectivity index (χ1) is 31.3. The van der Waals surface area contributed by atoms with Gasteiger partial charge in [-0.2, -0.15) is 0 Å². The summed E-state index contributed by atoms with van der Waals surface area (Å²) >= 11 is 0.0217. The maximum absolute atomic E-state index is 12.8. The molecule has 0 spiro atoms. The molecule has 0 bridgehead atoms. The molecule has 5 unspecified atom stereocenters. The fourth-order valence-corrected chi connectivity index (χ4v) is 5.79. The Balaban J connectivity index is -0.0000000776. The molecule has 0 saturated carbocycles. The lowest BCUT2D eigenvalue weighted by atomic mass is 9.98. The van der Waals surface area contributed by atoms with E-state index in [0.29, 0.717) is 6.42 Å². The van der Waals surface area contributed by atoms with Gasteiger partial charge in [-0.25, -0.2) is 0 Å². The molecule has 0 radical (unpaired) electrons. The van der Waals surface area contributed by atoms with E-state index in [2.05, 4.69) is 164 Å². The van der Waals surface area contributed by atoms with Gasteiger partial charge < -0.3 is 45.6 Å². The summed E-state index contributed by atoms with van der Waals surface area (Å²) in [5, 5.41) is 68.8. The molecule has 0 aromatic rings. The second-order valence-electron chi connectivity index (χ2n) is 13.2. The third kappa shape index (κ3) is 28.7. The largest absolute Gasteiger partial charge is 0.691 e. The number of amides is 1. The van der Waals surface area contributed by atoms with Crippen molar-refractivity contribution in [3.05, 3.63) is 0 Å². The van der Waals surface area contributed by atoms with Crippen molar-refractivity contribution in [3.8, 4) is 142 Å². The quantitative estimate of drug-likeness (QED) is 0.0193. The predicted octanol–water partition coefficient (Wildman–Crippen LogP) is 6.88. The number of rotatable bonds is 24. The molecule has 1 fully saturated rings. The van der Waals surface area contributed by atoms with E-state index in [1.54, 1.807) is 6.92 Å². The highest BCUT2D eigenvalue weighted by Crippen LogP contribution is 2.28. The van der Waals surface area contributed by atoms with Gasteiger partial charge in [0.1, 0.15) is 30.5 Å². The molecule has 1 heterocycles. The first kappa shape index (κ1) is 56.1. The molecular formula is C50H98NO12S-. The Morgan fingerprint density at radius 2 is 1.12 bits per heavy atom. The maximum Gasteiger partial charge on any atom is 0.297 e. The van der Waals surface area contributed by atoms with Gasteiger partial charge in [0.15, 0.2) is 18.6 Å². The SMILES string of the molecule is CC#CC#CC#CC#CC#CC#CC#CC#CC#CC#CC#CC#CC(=O)N[C@@H](COC1OC(CO)C(O)C(OSOO[O-])C1O)[C@H](O)[C@H](O)CCCCCCCCCCCCCC.[HH].[HH].[HH].[HH].[HH].[HH].[HH].[HH].[HH].[HH].[HH].[HH].[HH].[HH].[HH].[HH].[HH].[HH].[HH].[HH].[HH].[HH].[HH].[HH]. The van der Waals surface area contributed by atoms with Gasteiger partial charge in [-0.3, -0.25) is 14.0 Å². The van der Waals surface area contributed by atoms with Gasteiger partial charge in [0, 0.05) is 75.7 Å². The van der Waals surface area contributed by atoms with Crippen molar-refractivity contribution < 1.29 is 92.9 Å². The van der Waals surface area contributed by atoms with Gasteiger partial charge in [-0.15, -0.1) is 4.33 Å². The summed E-state index contributed by atoms with van der Waals surface area (Å²) in [6.07, 6.45) is 3.19. The van der Waals surface area contributed by atoms with Crippen LogP contribution in [0.1, 0.15) is 132 Å². The Bertz CT molecular complexity index is 2300. The summed E-state index contributed by atoms with van der Waals surface area (Å²) in [6, 6.07) is -1.28. The third-order valence-corrected chi connectivity index (χ3v) is 8.97. The molecular weight excluding hydrogens is 839 g/mol. The number of aliphatic hydroxyl groups excluding tert-OH is 5. The van der Waals surface area contributed by atoms with Crippen LogP contribution < -0.4 is 10.6 Å². The van der Waals surface area contributed by atoms with Gasteiger partial charge in [0.05, 0.1) is 25.4 Å². The van der Waals surface area contributed by atoms with E-state index in [1.165, 1.54) is 44.9 Å². The summed E-state index contributed by atoms with van der Waals surface area (Å²) in [5.41, 5.74) is 0. The van der Waals surface area contributed by atoms with E-state index in [0.717, 1.165) is 25.7 Å². The number of hydrogen-bond acceptors (Lipinski definition) is 13. The predicted molar refractivity (Wildman–Crippen MR) is 288 cm³/mol. The monoisotopic (exact) mass is 937 g/mol.